The van der Waals surface area contributed by atoms with Crippen molar-refractivity contribution in [2.24, 2.45) is 12.8 Å². The Hall–Kier alpha value is -3.11. The lowest BCUT2D eigenvalue weighted by molar-refractivity contribution is -0.137. The molecule has 0 spiro atoms. The summed E-state index contributed by atoms with van der Waals surface area (Å²) in [4.78, 5) is 19.9. The fraction of sp³-hybridized carbons (Fsp3) is 0.273. The van der Waals surface area contributed by atoms with Gasteiger partial charge in [0.25, 0.3) is 0 Å². The molecule has 0 saturated carbocycles. The van der Waals surface area contributed by atoms with E-state index in [0.717, 1.165) is 39.2 Å². The van der Waals surface area contributed by atoms with Gasteiger partial charge < -0.3 is 16.0 Å². The van der Waals surface area contributed by atoms with Gasteiger partial charge in [-0.1, -0.05) is 29.5 Å². The third-order valence-electron chi connectivity index (χ3n) is 5.44. The molecule has 0 unspecified atom stereocenters. The Morgan fingerprint density at radius 3 is 2.62 bits per heavy atom. The highest BCUT2D eigenvalue weighted by Crippen LogP contribution is 2.31. The highest BCUT2D eigenvalue weighted by Gasteiger charge is 2.30. The summed E-state index contributed by atoms with van der Waals surface area (Å²) in [6, 6.07) is 10.3. The monoisotopic (exact) mass is 461 g/mol. The first-order valence-corrected chi connectivity index (χ1v) is 10.8. The number of halogens is 3. The summed E-state index contributed by atoms with van der Waals surface area (Å²) in [6.45, 7) is 1.91. The second-order valence-corrected chi connectivity index (χ2v) is 8.78. The highest BCUT2D eigenvalue weighted by atomic mass is 32.1. The van der Waals surface area contributed by atoms with Crippen LogP contribution < -0.4 is 16.7 Å². The normalized spacial score (nSPS) is 13.9. The molecule has 2 aromatic carbocycles. The van der Waals surface area contributed by atoms with Gasteiger partial charge in [-0.25, -0.2) is 9.78 Å². The standard InChI is InChI=1S/C22H22F3N5OS/c1-12(16(26)9-13-3-6-15(7-4-13)22(23,24)25)28-20-27-11-19(32-20)14-5-8-17-18(10-14)30(2)21(31)29-17/h3-8,10-12,16H,9,26H2,1-2H3,(H,27,28)(H,29,31)/t12-,16+/m0/s1. The number of aryl methyl sites for hydroxylation is 1. The average Bonchev–Trinajstić information content (AvgIpc) is 3.32. The van der Waals surface area contributed by atoms with Gasteiger partial charge in [-0.05, 0) is 48.7 Å². The number of nitrogens with zero attached hydrogens (tertiary/aromatic N) is 2. The smallest absolute Gasteiger partial charge is 0.357 e. The van der Waals surface area contributed by atoms with Crippen LogP contribution in [0.3, 0.4) is 0 Å². The summed E-state index contributed by atoms with van der Waals surface area (Å²) in [7, 11) is 1.71. The quantitative estimate of drug-likeness (QED) is 0.398. The number of alkyl halides is 3. The zero-order chi connectivity index (χ0) is 23.0. The van der Waals surface area contributed by atoms with E-state index in [2.05, 4.69) is 15.3 Å². The van der Waals surface area contributed by atoms with Crippen molar-refractivity contribution in [2.45, 2.75) is 31.6 Å². The SMILES string of the molecule is C[C@H](Nc1ncc(-c2ccc3[nH]c(=O)n(C)c3c2)s1)[C@H](N)Cc1ccc(C(F)(F)F)cc1. The number of rotatable bonds is 6. The second-order valence-electron chi connectivity index (χ2n) is 7.75. The van der Waals surface area contributed by atoms with Gasteiger partial charge in [0.2, 0.25) is 0 Å². The van der Waals surface area contributed by atoms with Crippen LogP contribution in [0.2, 0.25) is 0 Å². The second kappa shape index (κ2) is 8.44. The third kappa shape index (κ3) is 4.56. The number of H-pyrrole nitrogens is 1. The molecule has 0 aliphatic heterocycles. The molecule has 6 nitrogen and oxygen atoms in total. The molecule has 0 saturated heterocycles. The van der Waals surface area contributed by atoms with Crippen LogP contribution in [-0.4, -0.2) is 26.6 Å². The van der Waals surface area contributed by atoms with E-state index in [1.807, 2.05) is 25.1 Å². The van der Waals surface area contributed by atoms with Gasteiger partial charge in [-0.15, -0.1) is 0 Å². The number of thiazole rings is 1. The molecule has 2 atom stereocenters. The summed E-state index contributed by atoms with van der Waals surface area (Å²) in [6.07, 6.45) is -2.16. The summed E-state index contributed by atoms with van der Waals surface area (Å²) in [5, 5.41) is 3.97. The van der Waals surface area contributed by atoms with Crippen molar-refractivity contribution < 1.29 is 13.2 Å². The van der Waals surface area contributed by atoms with Crippen LogP contribution in [0.5, 0.6) is 0 Å². The van der Waals surface area contributed by atoms with Crippen LogP contribution in [0, 0.1) is 0 Å². The van der Waals surface area contributed by atoms with E-state index in [9.17, 15) is 18.0 Å². The molecule has 10 heteroatoms. The summed E-state index contributed by atoms with van der Waals surface area (Å²) >= 11 is 1.46. The zero-order valence-corrected chi connectivity index (χ0v) is 18.2. The molecule has 0 fully saturated rings. The first-order chi connectivity index (χ1) is 15.1. The minimum absolute atomic E-state index is 0.149. The van der Waals surface area contributed by atoms with E-state index in [4.69, 9.17) is 5.73 Å². The van der Waals surface area contributed by atoms with Gasteiger partial charge in [0.1, 0.15) is 0 Å². The average molecular weight is 462 g/mol. The highest BCUT2D eigenvalue weighted by molar-refractivity contribution is 7.18. The Bertz CT molecular complexity index is 1290. The lowest BCUT2D eigenvalue weighted by atomic mass is 10.0. The van der Waals surface area contributed by atoms with Gasteiger partial charge in [0, 0.05) is 25.3 Å². The molecule has 168 valence electrons. The molecule has 0 aliphatic carbocycles. The van der Waals surface area contributed by atoms with Crippen LogP contribution in [0.25, 0.3) is 21.5 Å². The first-order valence-electron chi connectivity index (χ1n) is 9.95. The lowest BCUT2D eigenvalue weighted by Crippen LogP contribution is -2.39. The molecule has 0 aliphatic rings. The van der Waals surface area contributed by atoms with Crippen molar-refractivity contribution in [3.63, 3.8) is 0 Å². The van der Waals surface area contributed by atoms with Crippen molar-refractivity contribution in [1.82, 2.24) is 14.5 Å². The Kier molecular flexibility index (Phi) is 5.83. The molecule has 0 amide bonds. The Balaban J connectivity index is 1.42. The number of benzene rings is 2. The molecule has 4 N–H and O–H groups in total. The van der Waals surface area contributed by atoms with Crippen molar-refractivity contribution in [1.29, 1.82) is 0 Å². The van der Waals surface area contributed by atoms with Crippen molar-refractivity contribution in [2.75, 3.05) is 5.32 Å². The minimum Gasteiger partial charge on any atom is -0.357 e. The molecule has 2 aromatic heterocycles. The summed E-state index contributed by atoms with van der Waals surface area (Å²) in [5.74, 6) is 0. The predicted molar refractivity (Wildman–Crippen MR) is 121 cm³/mol. The number of aromatic nitrogens is 3. The molecule has 2 heterocycles. The topological polar surface area (TPSA) is 88.7 Å². The van der Waals surface area contributed by atoms with E-state index in [-0.39, 0.29) is 17.8 Å². The van der Waals surface area contributed by atoms with Crippen LogP contribution >= 0.6 is 11.3 Å². The molecule has 4 aromatic rings. The fourth-order valence-electron chi connectivity index (χ4n) is 3.43. The third-order valence-corrected chi connectivity index (χ3v) is 6.42. The van der Waals surface area contributed by atoms with Gasteiger partial charge in [-0.3, -0.25) is 4.57 Å². The Labute approximate surface area is 185 Å². The number of fused-ring (bicyclic) bond motifs is 1. The Morgan fingerprint density at radius 1 is 1.22 bits per heavy atom. The largest absolute Gasteiger partial charge is 0.416 e. The van der Waals surface area contributed by atoms with Gasteiger partial charge >= 0.3 is 11.9 Å². The molecular formula is C22H22F3N5OS. The van der Waals surface area contributed by atoms with E-state index in [1.54, 1.807) is 17.8 Å². The first kappa shape index (κ1) is 22.1. The van der Waals surface area contributed by atoms with Gasteiger partial charge in [0.05, 0.1) is 21.5 Å². The van der Waals surface area contributed by atoms with Gasteiger partial charge in [-0.2, -0.15) is 13.2 Å². The van der Waals surface area contributed by atoms with Crippen molar-refractivity contribution in [3.8, 4) is 10.4 Å². The minimum atomic E-state index is -4.35. The molecule has 4 rings (SSSR count). The van der Waals surface area contributed by atoms with Crippen LogP contribution in [0.15, 0.2) is 53.5 Å². The molecule has 0 radical (unpaired) electrons. The number of aromatic amines is 1. The predicted octanol–water partition coefficient (Wildman–Crippen LogP) is 4.38. The number of hydrogen-bond donors (Lipinski definition) is 3. The van der Waals surface area contributed by atoms with Gasteiger partial charge in [0.15, 0.2) is 5.13 Å². The lowest BCUT2D eigenvalue weighted by Gasteiger charge is -2.21. The Morgan fingerprint density at radius 2 is 1.94 bits per heavy atom. The number of hydrogen-bond acceptors (Lipinski definition) is 5. The number of nitrogens with two attached hydrogens (primary N) is 1. The number of anilines is 1. The van der Waals surface area contributed by atoms with E-state index in [0.29, 0.717) is 11.6 Å². The van der Waals surface area contributed by atoms with Crippen LogP contribution in [-0.2, 0) is 19.6 Å². The summed E-state index contributed by atoms with van der Waals surface area (Å²) < 4.78 is 39.7. The maximum Gasteiger partial charge on any atom is 0.416 e. The van der Waals surface area contributed by atoms with Crippen molar-refractivity contribution >= 4 is 27.5 Å². The molecule has 0 bridgehead atoms. The molecular weight excluding hydrogens is 439 g/mol. The molecule has 32 heavy (non-hydrogen) atoms. The van der Waals surface area contributed by atoms with E-state index < -0.39 is 11.7 Å². The summed E-state index contributed by atoms with van der Waals surface area (Å²) in [5.41, 5.74) is 8.70. The number of imidazole rings is 1. The maximum atomic E-state index is 12.7. The van der Waals surface area contributed by atoms with E-state index >= 15 is 0 Å². The van der Waals surface area contributed by atoms with Crippen LogP contribution in [0.1, 0.15) is 18.1 Å². The zero-order valence-electron chi connectivity index (χ0n) is 17.4. The van der Waals surface area contributed by atoms with Crippen LogP contribution in [0.4, 0.5) is 18.3 Å². The maximum absolute atomic E-state index is 12.7. The fourth-order valence-corrected chi connectivity index (χ4v) is 4.34. The number of nitrogens with one attached hydrogen (secondary N) is 2. The van der Waals surface area contributed by atoms with E-state index in [1.165, 1.54) is 23.5 Å². The van der Waals surface area contributed by atoms with Crippen molar-refractivity contribution in [3.05, 3.63) is 70.3 Å².